The fraction of sp³-hybridized carbons (Fsp3) is 0.294. The van der Waals surface area contributed by atoms with E-state index in [0.29, 0.717) is 13.0 Å². The number of hydrogen-bond acceptors (Lipinski definition) is 3. The molecule has 0 aliphatic rings. The fourth-order valence-electron chi connectivity index (χ4n) is 2.18. The van der Waals surface area contributed by atoms with Crippen LogP contribution in [-0.4, -0.2) is 18.2 Å². The maximum absolute atomic E-state index is 9.94. The van der Waals surface area contributed by atoms with E-state index >= 15 is 0 Å². The Kier molecular flexibility index (Phi) is 5.59. The van der Waals surface area contributed by atoms with E-state index < -0.39 is 6.10 Å². The van der Waals surface area contributed by atoms with Crippen molar-refractivity contribution < 1.29 is 5.11 Å². The molecule has 0 saturated carbocycles. The summed E-state index contributed by atoms with van der Waals surface area (Å²) in [7, 11) is 0. The number of aliphatic hydroxyl groups is 1. The van der Waals surface area contributed by atoms with Crippen molar-refractivity contribution in [3.63, 3.8) is 0 Å². The van der Waals surface area contributed by atoms with Crippen LogP contribution in [0.5, 0.6) is 0 Å². The van der Waals surface area contributed by atoms with Crippen LogP contribution in [0.2, 0.25) is 0 Å². The molecule has 0 fully saturated rings. The van der Waals surface area contributed by atoms with Crippen LogP contribution in [0, 0.1) is 0 Å². The highest BCUT2D eigenvalue weighted by atomic mass is 16.3. The van der Waals surface area contributed by atoms with Crippen molar-refractivity contribution in [1.82, 2.24) is 0 Å². The molecule has 0 aliphatic heterocycles. The van der Waals surface area contributed by atoms with Gasteiger partial charge in [-0.25, -0.2) is 0 Å². The van der Waals surface area contributed by atoms with Crippen molar-refractivity contribution in [2.75, 3.05) is 18.4 Å². The predicted octanol–water partition coefficient (Wildman–Crippen LogP) is 2.72. The summed E-state index contributed by atoms with van der Waals surface area (Å²) in [5, 5.41) is 13.3. The zero-order valence-corrected chi connectivity index (χ0v) is 11.6. The summed E-state index contributed by atoms with van der Waals surface area (Å²) < 4.78 is 0. The van der Waals surface area contributed by atoms with Crippen molar-refractivity contribution >= 4 is 5.69 Å². The van der Waals surface area contributed by atoms with Gasteiger partial charge in [0.1, 0.15) is 0 Å². The zero-order valence-electron chi connectivity index (χ0n) is 11.6. The molecule has 1 atom stereocenters. The molecule has 1 unspecified atom stereocenters. The Balaban J connectivity index is 1.88. The lowest BCUT2D eigenvalue weighted by atomic mass is 10.1. The first-order chi connectivity index (χ1) is 9.79. The Hall–Kier alpha value is -1.84. The number of benzene rings is 2. The van der Waals surface area contributed by atoms with Gasteiger partial charge < -0.3 is 16.2 Å². The Labute approximate surface area is 120 Å². The van der Waals surface area contributed by atoms with Gasteiger partial charge in [-0.05, 0) is 42.6 Å². The standard InChI is InChI=1S/C17H22N2O/c18-11-9-17(20)15-7-4-8-16(13-15)19-12-10-14-5-2-1-3-6-14/h1-8,13,17,19-20H,9-12,18H2. The van der Waals surface area contributed by atoms with Gasteiger partial charge in [-0.2, -0.15) is 0 Å². The first kappa shape index (κ1) is 14.6. The molecule has 2 aromatic rings. The van der Waals surface area contributed by atoms with Gasteiger partial charge in [-0.15, -0.1) is 0 Å². The van der Waals surface area contributed by atoms with Gasteiger partial charge in [-0.1, -0.05) is 42.5 Å². The molecule has 20 heavy (non-hydrogen) atoms. The van der Waals surface area contributed by atoms with Crippen molar-refractivity contribution in [2.24, 2.45) is 5.73 Å². The highest BCUT2D eigenvalue weighted by molar-refractivity contribution is 5.46. The number of hydrogen-bond donors (Lipinski definition) is 3. The van der Waals surface area contributed by atoms with Crippen LogP contribution < -0.4 is 11.1 Å². The van der Waals surface area contributed by atoms with E-state index in [1.54, 1.807) is 0 Å². The summed E-state index contributed by atoms with van der Waals surface area (Å²) in [6.45, 7) is 1.37. The largest absolute Gasteiger partial charge is 0.388 e. The molecule has 3 heteroatoms. The van der Waals surface area contributed by atoms with E-state index in [9.17, 15) is 5.11 Å². The maximum Gasteiger partial charge on any atom is 0.0802 e. The summed E-state index contributed by atoms with van der Waals surface area (Å²) in [6.07, 6.45) is 1.10. The number of rotatable bonds is 7. The van der Waals surface area contributed by atoms with Crippen molar-refractivity contribution in [3.05, 3.63) is 65.7 Å². The Morgan fingerprint density at radius 3 is 2.60 bits per heavy atom. The Morgan fingerprint density at radius 2 is 1.85 bits per heavy atom. The third-order valence-electron chi connectivity index (χ3n) is 3.30. The van der Waals surface area contributed by atoms with Crippen LogP contribution in [0.1, 0.15) is 23.7 Å². The normalized spacial score (nSPS) is 12.1. The lowest BCUT2D eigenvalue weighted by molar-refractivity contribution is 0.170. The number of aliphatic hydroxyl groups excluding tert-OH is 1. The van der Waals surface area contributed by atoms with Crippen LogP contribution in [0.25, 0.3) is 0 Å². The minimum Gasteiger partial charge on any atom is -0.388 e. The molecule has 0 bridgehead atoms. The molecule has 4 N–H and O–H groups in total. The summed E-state index contributed by atoms with van der Waals surface area (Å²) in [6, 6.07) is 18.3. The number of nitrogens with two attached hydrogens (primary N) is 1. The van der Waals surface area contributed by atoms with Crippen LogP contribution >= 0.6 is 0 Å². The van der Waals surface area contributed by atoms with Gasteiger partial charge in [0.15, 0.2) is 0 Å². The minimum absolute atomic E-state index is 0.476. The number of anilines is 1. The predicted molar refractivity (Wildman–Crippen MR) is 83.7 cm³/mol. The molecule has 0 radical (unpaired) electrons. The molecule has 0 spiro atoms. The molecule has 0 aliphatic carbocycles. The van der Waals surface area contributed by atoms with Crippen molar-refractivity contribution in [2.45, 2.75) is 18.9 Å². The van der Waals surface area contributed by atoms with Crippen molar-refractivity contribution in [3.8, 4) is 0 Å². The monoisotopic (exact) mass is 270 g/mol. The summed E-state index contributed by atoms with van der Waals surface area (Å²) in [5.74, 6) is 0. The smallest absolute Gasteiger partial charge is 0.0802 e. The molecule has 3 nitrogen and oxygen atoms in total. The first-order valence-corrected chi connectivity index (χ1v) is 7.05. The molecular formula is C17H22N2O. The maximum atomic E-state index is 9.94. The highest BCUT2D eigenvalue weighted by Crippen LogP contribution is 2.19. The topological polar surface area (TPSA) is 58.3 Å². The molecule has 0 aromatic heterocycles. The minimum atomic E-state index is -0.476. The molecule has 2 aromatic carbocycles. The van der Waals surface area contributed by atoms with Gasteiger partial charge in [0.05, 0.1) is 6.10 Å². The van der Waals surface area contributed by atoms with Crippen LogP contribution in [-0.2, 0) is 6.42 Å². The lowest BCUT2D eigenvalue weighted by Gasteiger charge is -2.12. The second-order valence-corrected chi connectivity index (χ2v) is 4.88. The molecule has 2 rings (SSSR count). The third-order valence-corrected chi connectivity index (χ3v) is 3.30. The quantitative estimate of drug-likeness (QED) is 0.725. The summed E-state index contributed by atoms with van der Waals surface area (Å²) in [4.78, 5) is 0. The summed E-state index contributed by atoms with van der Waals surface area (Å²) in [5.41, 5.74) is 8.75. The van der Waals surface area contributed by atoms with E-state index in [4.69, 9.17) is 5.73 Å². The number of nitrogens with one attached hydrogen (secondary N) is 1. The van der Waals surface area contributed by atoms with E-state index in [-0.39, 0.29) is 0 Å². The first-order valence-electron chi connectivity index (χ1n) is 7.05. The van der Waals surface area contributed by atoms with Gasteiger partial charge in [0.25, 0.3) is 0 Å². The van der Waals surface area contributed by atoms with Gasteiger partial charge in [0.2, 0.25) is 0 Å². The zero-order chi connectivity index (χ0) is 14.2. The van der Waals surface area contributed by atoms with Gasteiger partial charge in [-0.3, -0.25) is 0 Å². The summed E-state index contributed by atoms with van der Waals surface area (Å²) >= 11 is 0. The average molecular weight is 270 g/mol. The van der Waals surface area contributed by atoms with E-state index in [1.807, 2.05) is 30.3 Å². The second-order valence-electron chi connectivity index (χ2n) is 4.88. The van der Waals surface area contributed by atoms with Gasteiger partial charge in [0, 0.05) is 12.2 Å². The Morgan fingerprint density at radius 1 is 1.05 bits per heavy atom. The molecule has 0 amide bonds. The third kappa shape index (κ3) is 4.37. The second kappa shape index (κ2) is 7.68. The van der Waals surface area contributed by atoms with Crippen LogP contribution in [0.3, 0.4) is 0 Å². The molecule has 106 valence electrons. The van der Waals surface area contributed by atoms with E-state index in [2.05, 4.69) is 29.6 Å². The van der Waals surface area contributed by atoms with Crippen molar-refractivity contribution in [1.29, 1.82) is 0 Å². The molecule has 0 saturated heterocycles. The average Bonchev–Trinajstić information content (AvgIpc) is 2.49. The van der Waals surface area contributed by atoms with E-state index in [1.165, 1.54) is 5.56 Å². The SMILES string of the molecule is NCCC(O)c1cccc(NCCc2ccccc2)c1. The Bertz CT molecular complexity index is 513. The molecular weight excluding hydrogens is 248 g/mol. The fourth-order valence-corrected chi connectivity index (χ4v) is 2.18. The highest BCUT2D eigenvalue weighted by Gasteiger charge is 2.06. The van der Waals surface area contributed by atoms with E-state index in [0.717, 1.165) is 24.2 Å². The van der Waals surface area contributed by atoms with Crippen LogP contribution in [0.4, 0.5) is 5.69 Å². The lowest BCUT2D eigenvalue weighted by Crippen LogP contribution is -2.08. The van der Waals surface area contributed by atoms with Crippen LogP contribution in [0.15, 0.2) is 54.6 Å². The molecule has 0 heterocycles. The van der Waals surface area contributed by atoms with Gasteiger partial charge >= 0.3 is 0 Å².